The zero-order valence-electron chi connectivity index (χ0n) is 8.73. The van der Waals surface area contributed by atoms with E-state index in [1.165, 1.54) is 15.5 Å². The zero-order valence-corrected chi connectivity index (χ0v) is 8.73. The first-order valence-electron chi connectivity index (χ1n) is 4.42. The quantitative estimate of drug-likeness (QED) is 0.641. The molecule has 4 nitrogen and oxygen atoms in total. The number of aromatic nitrogens is 1. The van der Waals surface area contributed by atoms with Crippen LogP contribution in [0.15, 0.2) is 23.1 Å². The standard InChI is InChI=1S/C11H12N2O2/c1-4-6-13(3)11(15)9-5-7-12(2)10(14)8-9/h1,5,7-8H,6H2,2-3H3. The van der Waals surface area contributed by atoms with Crippen LogP contribution in [0.3, 0.4) is 0 Å². The Morgan fingerprint density at radius 1 is 1.67 bits per heavy atom. The van der Waals surface area contributed by atoms with Crippen molar-refractivity contribution < 1.29 is 4.79 Å². The van der Waals surface area contributed by atoms with E-state index in [0.29, 0.717) is 5.56 Å². The summed E-state index contributed by atoms with van der Waals surface area (Å²) in [4.78, 5) is 24.3. The molecule has 1 rings (SSSR count). The van der Waals surface area contributed by atoms with Gasteiger partial charge in [-0.05, 0) is 6.07 Å². The molecule has 0 spiro atoms. The first kappa shape index (κ1) is 11.1. The van der Waals surface area contributed by atoms with Crippen molar-refractivity contribution in [2.75, 3.05) is 13.6 Å². The van der Waals surface area contributed by atoms with Gasteiger partial charge in [0.1, 0.15) is 0 Å². The highest BCUT2D eigenvalue weighted by molar-refractivity contribution is 5.94. The summed E-state index contributed by atoms with van der Waals surface area (Å²) in [5.74, 6) is 2.12. The maximum atomic E-state index is 11.7. The number of hydrogen-bond acceptors (Lipinski definition) is 2. The third-order valence-corrected chi connectivity index (χ3v) is 2.03. The number of carbonyl (C=O) groups is 1. The van der Waals surface area contributed by atoms with Crippen molar-refractivity contribution >= 4 is 5.91 Å². The number of rotatable bonds is 2. The lowest BCUT2D eigenvalue weighted by molar-refractivity contribution is 0.0812. The number of amides is 1. The van der Waals surface area contributed by atoms with Crippen LogP contribution < -0.4 is 5.56 Å². The molecule has 0 bridgehead atoms. The van der Waals surface area contributed by atoms with Gasteiger partial charge in [0.15, 0.2) is 0 Å². The van der Waals surface area contributed by atoms with Gasteiger partial charge in [0.25, 0.3) is 11.5 Å². The molecule has 0 aliphatic carbocycles. The minimum Gasteiger partial charge on any atom is -0.331 e. The average molecular weight is 204 g/mol. The van der Waals surface area contributed by atoms with Crippen LogP contribution in [0, 0.1) is 12.3 Å². The number of aryl methyl sites for hydroxylation is 1. The molecule has 0 aromatic carbocycles. The minimum absolute atomic E-state index is 0.213. The second kappa shape index (κ2) is 4.47. The van der Waals surface area contributed by atoms with Crippen molar-refractivity contribution in [2.45, 2.75) is 0 Å². The normalized spacial score (nSPS) is 9.40. The summed E-state index contributed by atoms with van der Waals surface area (Å²) >= 11 is 0. The summed E-state index contributed by atoms with van der Waals surface area (Å²) in [6.45, 7) is 0.230. The Balaban J connectivity index is 2.98. The van der Waals surface area contributed by atoms with Crippen LogP contribution in [0.25, 0.3) is 0 Å². The van der Waals surface area contributed by atoms with E-state index >= 15 is 0 Å². The molecule has 15 heavy (non-hydrogen) atoms. The van der Waals surface area contributed by atoms with E-state index in [9.17, 15) is 9.59 Å². The number of terminal acetylenes is 1. The Labute approximate surface area is 88.1 Å². The van der Waals surface area contributed by atoms with Gasteiger partial charge in [-0.2, -0.15) is 0 Å². The second-order valence-electron chi connectivity index (χ2n) is 3.23. The molecule has 1 aromatic rings. The Kier molecular flexibility index (Phi) is 3.29. The Hall–Kier alpha value is -2.02. The van der Waals surface area contributed by atoms with Crippen LogP contribution in [-0.4, -0.2) is 29.0 Å². The molecule has 0 radical (unpaired) electrons. The van der Waals surface area contributed by atoms with Crippen molar-refractivity contribution in [2.24, 2.45) is 7.05 Å². The average Bonchev–Trinajstić information content (AvgIpc) is 2.21. The highest BCUT2D eigenvalue weighted by atomic mass is 16.2. The molecule has 1 aromatic heterocycles. The van der Waals surface area contributed by atoms with Gasteiger partial charge in [-0.25, -0.2) is 0 Å². The summed E-state index contributed by atoms with van der Waals surface area (Å²) in [6, 6.07) is 2.89. The third-order valence-electron chi connectivity index (χ3n) is 2.03. The molecular formula is C11H12N2O2. The molecular weight excluding hydrogens is 192 g/mol. The fraction of sp³-hybridized carbons (Fsp3) is 0.273. The SMILES string of the molecule is C#CCN(C)C(=O)c1ccn(C)c(=O)c1. The van der Waals surface area contributed by atoms with E-state index in [4.69, 9.17) is 6.42 Å². The van der Waals surface area contributed by atoms with Gasteiger partial charge >= 0.3 is 0 Å². The highest BCUT2D eigenvalue weighted by Gasteiger charge is 2.10. The van der Waals surface area contributed by atoms with E-state index in [-0.39, 0.29) is 18.0 Å². The molecule has 4 heteroatoms. The molecule has 1 amide bonds. The first-order chi connectivity index (χ1) is 7.06. The fourth-order valence-electron chi connectivity index (χ4n) is 1.11. The van der Waals surface area contributed by atoms with Crippen LogP contribution in [0.5, 0.6) is 0 Å². The first-order valence-corrected chi connectivity index (χ1v) is 4.42. The fourth-order valence-corrected chi connectivity index (χ4v) is 1.11. The lowest BCUT2D eigenvalue weighted by Crippen LogP contribution is -2.28. The summed E-state index contributed by atoms with van der Waals surface area (Å²) in [5, 5.41) is 0. The Morgan fingerprint density at radius 2 is 2.33 bits per heavy atom. The number of carbonyl (C=O) groups excluding carboxylic acids is 1. The van der Waals surface area contributed by atoms with E-state index in [1.54, 1.807) is 26.4 Å². The second-order valence-corrected chi connectivity index (χ2v) is 3.23. The largest absolute Gasteiger partial charge is 0.331 e. The molecule has 0 atom stereocenters. The van der Waals surface area contributed by atoms with Gasteiger partial charge in [0.2, 0.25) is 0 Å². The van der Waals surface area contributed by atoms with E-state index in [2.05, 4.69) is 5.92 Å². The van der Waals surface area contributed by atoms with Crippen LogP contribution in [0.2, 0.25) is 0 Å². The van der Waals surface area contributed by atoms with Crippen LogP contribution in [0.4, 0.5) is 0 Å². The lowest BCUT2D eigenvalue weighted by Gasteiger charge is -2.13. The smallest absolute Gasteiger partial charge is 0.254 e. The van der Waals surface area contributed by atoms with Crippen molar-refractivity contribution in [3.05, 3.63) is 34.2 Å². The van der Waals surface area contributed by atoms with Gasteiger partial charge in [0, 0.05) is 31.9 Å². The maximum absolute atomic E-state index is 11.7. The van der Waals surface area contributed by atoms with Gasteiger partial charge in [-0.15, -0.1) is 6.42 Å². The molecule has 1 heterocycles. The predicted molar refractivity (Wildman–Crippen MR) is 57.5 cm³/mol. The van der Waals surface area contributed by atoms with E-state index in [1.807, 2.05) is 0 Å². The van der Waals surface area contributed by atoms with Gasteiger partial charge in [0.05, 0.1) is 6.54 Å². The number of pyridine rings is 1. The van der Waals surface area contributed by atoms with Crippen molar-refractivity contribution in [3.8, 4) is 12.3 Å². The zero-order chi connectivity index (χ0) is 11.4. The maximum Gasteiger partial charge on any atom is 0.254 e. The summed E-state index contributed by atoms with van der Waals surface area (Å²) in [7, 11) is 3.22. The number of nitrogens with zero attached hydrogens (tertiary/aromatic N) is 2. The molecule has 0 saturated carbocycles. The molecule has 78 valence electrons. The van der Waals surface area contributed by atoms with Gasteiger partial charge in [-0.3, -0.25) is 9.59 Å². The number of hydrogen-bond donors (Lipinski definition) is 0. The van der Waals surface area contributed by atoms with Crippen molar-refractivity contribution in [3.63, 3.8) is 0 Å². The third kappa shape index (κ3) is 2.47. The summed E-state index contributed by atoms with van der Waals surface area (Å²) in [5.41, 5.74) is 0.144. The predicted octanol–water partition coefficient (Wildman–Crippen LogP) is 0.0905. The molecule has 0 N–H and O–H groups in total. The van der Waals surface area contributed by atoms with Crippen LogP contribution >= 0.6 is 0 Å². The molecule has 0 unspecified atom stereocenters. The van der Waals surface area contributed by atoms with Gasteiger partial charge < -0.3 is 9.47 Å². The molecule has 0 aliphatic rings. The van der Waals surface area contributed by atoms with Crippen molar-refractivity contribution in [1.82, 2.24) is 9.47 Å². The summed E-state index contributed by atoms with van der Waals surface area (Å²) in [6.07, 6.45) is 6.64. The van der Waals surface area contributed by atoms with E-state index < -0.39 is 0 Å². The molecule has 0 saturated heterocycles. The Morgan fingerprint density at radius 3 is 2.87 bits per heavy atom. The highest BCUT2D eigenvalue weighted by Crippen LogP contribution is 1.99. The van der Waals surface area contributed by atoms with E-state index in [0.717, 1.165) is 0 Å². The van der Waals surface area contributed by atoms with Crippen LogP contribution in [0.1, 0.15) is 10.4 Å². The topological polar surface area (TPSA) is 42.3 Å². The Bertz CT molecular complexity index is 468. The van der Waals surface area contributed by atoms with Crippen molar-refractivity contribution in [1.29, 1.82) is 0 Å². The minimum atomic E-state index is -0.245. The molecule has 0 aliphatic heterocycles. The van der Waals surface area contributed by atoms with Gasteiger partial charge in [-0.1, -0.05) is 5.92 Å². The lowest BCUT2D eigenvalue weighted by atomic mass is 10.2. The van der Waals surface area contributed by atoms with Crippen LogP contribution in [-0.2, 0) is 7.05 Å². The molecule has 0 fully saturated rings. The summed E-state index contributed by atoms with van der Waals surface area (Å²) < 4.78 is 1.40. The monoisotopic (exact) mass is 204 g/mol.